The summed E-state index contributed by atoms with van der Waals surface area (Å²) in [5, 5.41) is 15.7. The molecule has 0 aliphatic carbocycles. The molecule has 0 aliphatic rings. The van der Waals surface area contributed by atoms with E-state index in [2.05, 4.69) is 10.6 Å². The predicted molar refractivity (Wildman–Crippen MR) is 98.6 cm³/mol. The van der Waals surface area contributed by atoms with E-state index in [9.17, 15) is 9.90 Å². The van der Waals surface area contributed by atoms with Crippen LogP contribution in [0.3, 0.4) is 0 Å². The average molecular weight is 342 g/mol. The molecule has 2 unspecified atom stereocenters. The van der Waals surface area contributed by atoms with Gasteiger partial charge in [-0.25, -0.2) is 4.79 Å². The third-order valence-corrected chi connectivity index (χ3v) is 3.93. The van der Waals surface area contributed by atoms with Gasteiger partial charge in [0.05, 0.1) is 18.8 Å². The van der Waals surface area contributed by atoms with Crippen LogP contribution in [-0.2, 0) is 0 Å². The number of urea groups is 1. The molecule has 2 atom stereocenters. The van der Waals surface area contributed by atoms with Crippen molar-refractivity contribution in [1.29, 1.82) is 0 Å². The van der Waals surface area contributed by atoms with Gasteiger partial charge in [0.25, 0.3) is 0 Å². The third kappa shape index (κ3) is 6.12. The first kappa shape index (κ1) is 18.8. The number of aliphatic hydroxyl groups is 1. The first-order valence-corrected chi connectivity index (χ1v) is 8.60. The summed E-state index contributed by atoms with van der Waals surface area (Å²) < 4.78 is 5.41. The lowest BCUT2D eigenvalue weighted by Gasteiger charge is -2.16. The molecule has 134 valence electrons. The average Bonchev–Trinajstić information content (AvgIpc) is 2.63. The van der Waals surface area contributed by atoms with E-state index in [1.807, 2.05) is 68.4 Å². The topological polar surface area (TPSA) is 70.6 Å². The number of carbonyl (C=O) groups excluding carboxylic acids is 1. The Balaban J connectivity index is 1.74. The summed E-state index contributed by atoms with van der Waals surface area (Å²) in [4.78, 5) is 12.0. The minimum Gasteiger partial charge on any atom is -0.494 e. The minimum atomic E-state index is -0.579. The second kappa shape index (κ2) is 9.69. The molecule has 3 N–H and O–H groups in total. The summed E-state index contributed by atoms with van der Waals surface area (Å²) >= 11 is 0. The standard InChI is InChI=1S/C20H26N2O3/c1-3-25-18-11-9-16(10-12-18)15(2)22-20(24)21-14-13-19(23)17-7-5-4-6-8-17/h4-12,15,19,23H,3,13-14H2,1-2H3,(H2,21,22,24). The Labute approximate surface area is 149 Å². The summed E-state index contributed by atoms with van der Waals surface area (Å²) in [7, 11) is 0. The number of hydrogen-bond donors (Lipinski definition) is 3. The van der Waals surface area contributed by atoms with Crippen molar-refractivity contribution in [2.24, 2.45) is 0 Å². The normalized spacial score (nSPS) is 12.9. The molecule has 0 fully saturated rings. The van der Waals surface area contributed by atoms with Crippen LogP contribution < -0.4 is 15.4 Å². The fourth-order valence-electron chi connectivity index (χ4n) is 2.51. The van der Waals surface area contributed by atoms with Gasteiger partial charge in [-0.15, -0.1) is 0 Å². The number of hydrogen-bond acceptors (Lipinski definition) is 3. The second-order valence-electron chi connectivity index (χ2n) is 5.84. The molecule has 0 radical (unpaired) electrons. The number of benzene rings is 2. The van der Waals surface area contributed by atoms with Crippen molar-refractivity contribution in [2.45, 2.75) is 32.4 Å². The molecule has 2 aromatic rings. The molecule has 0 saturated carbocycles. The first-order valence-electron chi connectivity index (χ1n) is 8.60. The maximum absolute atomic E-state index is 12.0. The van der Waals surface area contributed by atoms with Gasteiger partial charge in [0.1, 0.15) is 5.75 Å². The highest BCUT2D eigenvalue weighted by Crippen LogP contribution is 2.18. The van der Waals surface area contributed by atoms with E-state index in [0.29, 0.717) is 19.6 Å². The van der Waals surface area contributed by atoms with Crippen molar-refractivity contribution in [3.05, 3.63) is 65.7 Å². The molecule has 0 saturated heterocycles. The Morgan fingerprint density at radius 3 is 2.40 bits per heavy atom. The van der Waals surface area contributed by atoms with Gasteiger partial charge >= 0.3 is 6.03 Å². The molecule has 2 amide bonds. The van der Waals surface area contributed by atoms with Gasteiger partial charge in [-0.1, -0.05) is 42.5 Å². The maximum Gasteiger partial charge on any atom is 0.315 e. The lowest BCUT2D eigenvalue weighted by molar-refractivity contribution is 0.166. The zero-order valence-electron chi connectivity index (χ0n) is 14.7. The van der Waals surface area contributed by atoms with Crippen LogP contribution in [-0.4, -0.2) is 24.3 Å². The van der Waals surface area contributed by atoms with Crippen molar-refractivity contribution >= 4 is 6.03 Å². The molecular weight excluding hydrogens is 316 g/mol. The van der Waals surface area contributed by atoms with Crippen LogP contribution in [0.1, 0.15) is 43.5 Å². The van der Waals surface area contributed by atoms with E-state index >= 15 is 0 Å². The smallest absolute Gasteiger partial charge is 0.315 e. The highest BCUT2D eigenvalue weighted by molar-refractivity contribution is 5.74. The van der Waals surface area contributed by atoms with Crippen molar-refractivity contribution < 1.29 is 14.6 Å². The summed E-state index contributed by atoms with van der Waals surface area (Å²) in [6.07, 6.45) is -0.112. The summed E-state index contributed by atoms with van der Waals surface area (Å²) in [6.45, 7) is 4.90. The molecule has 2 aromatic carbocycles. The molecule has 0 aliphatic heterocycles. The highest BCUT2D eigenvalue weighted by atomic mass is 16.5. The lowest BCUT2D eigenvalue weighted by Crippen LogP contribution is -2.37. The molecule has 5 nitrogen and oxygen atoms in total. The number of amides is 2. The van der Waals surface area contributed by atoms with Crippen LogP contribution in [0.15, 0.2) is 54.6 Å². The Kier molecular flexibility index (Phi) is 7.29. The Hall–Kier alpha value is -2.53. The Morgan fingerprint density at radius 1 is 1.08 bits per heavy atom. The van der Waals surface area contributed by atoms with Crippen LogP contribution in [0.2, 0.25) is 0 Å². The van der Waals surface area contributed by atoms with Crippen molar-refractivity contribution in [3.63, 3.8) is 0 Å². The molecule has 2 rings (SSSR count). The molecule has 5 heteroatoms. The Morgan fingerprint density at radius 2 is 1.76 bits per heavy atom. The Bertz CT molecular complexity index is 644. The van der Waals surface area contributed by atoms with Gasteiger partial charge in [-0.2, -0.15) is 0 Å². The summed E-state index contributed by atoms with van der Waals surface area (Å²) in [5.41, 5.74) is 1.86. The van der Waals surface area contributed by atoms with Gasteiger partial charge in [-0.3, -0.25) is 0 Å². The van der Waals surface area contributed by atoms with E-state index in [-0.39, 0.29) is 12.1 Å². The highest BCUT2D eigenvalue weighted by Gasteiger charge is 2.11. The largest absolute Gasteiger partial charge is 0.494 e. The van der Waals surface area contributed by atoms with Gasteiger partial charge < -0.3 is 20.5 Å². The fourth-order valence-corrected chi connectivity index (χ4v) is 2.51. The monoisotopic (exact) mass is 342 g/mol. The van der Waals surface area contributed by atoms with Gasteiger partial charge in [0.15, 0.2) is 0 Å². The van der Waals surface area contributed by atoms with Crippen molar-refractivity contribution in [2.75, 3.05) is 13.2 Å². The third-order valence-electron chi connectivity index (χ3n) is 3.93. The fraction of sp³-hybridized carbons (Fsp3) is 0.350. The molecule has 25 heavy (non-hydrogen) atoms. The van der Waals surface area contributed by atoms with Crippen molar-refractivity contribution in [1.82, 2.24) is 10.6 Å². The molecule has 0 heterocycles. The first-order chi connectivity index (χ1) is 12.1. The number of carbonyl (C=O) groups is 1. The quantitative estimate of drug-likeness (QED) is 0.687. The molecule has 0 bridgehead atoms. The van der Waals surface area contributed by atoms with E-state index < -0.39 is 6.10 Å². The SMILES string of the molecule is CCOc1ccc(C(C)NC(=O)NCCC(O)c2ccccc2)cc1. The molecule has 0 aromatic heterocycles. The van der Waals surface area contributed by atoms with Gasteiger partial charge in [-0.05, 0) is 43.5 Å². The van der Waals surface area contributed by atoms with E-state index in [4.69, 9.17) is 4.74 Å². The zero-order chi connectivity index (χ0) is 18.1. The zero-order valence-corrected chi connectivity index (χ0v) is 14.7. The van der Waals surface area contributed by atoms with E-state index in [0.717, 1.165) is 16.9 Å². The van der Waals surface area contributed by atoms with Gasteiger partial charge in [0, 0.05) is 6.54 Å². The van der Waals surface area contributed by atoms with E-state index in [1.165, 1.54) is 0 Å². The van der Waals surface area contributed by atoms with Crippen LogP contribution in [0, 0.1) is 0 Å². The van der Waals surface area contributed by atoms with Crippen LogP contribution in [0.5, 0.6) is 5.75 Å². The number of rotatable bonds is 8. The second-order valence-corrected chi connectivity index (χ2v) is 5.84. The van der Waals surface area contributed by atoms with Crippen LogP contribution in [0.25, 0.3) is 0 Å². The summed E-state index contributed by atoms with van der Waals surface area (Å²) in [5.74, 6) is 0.817. The predicted octanol–water partition coefficient (Wildman–Crippen LogP) is 3.57. The number of nitrogens with one attached hydrogen (secondary N) is 2. The number of aliphatic hydroxyl groups excluding tert-OH is 1. The summed E-state index contributed by atoms with van der Waals surface area (Å²) in [6, 6.07) is 16.7. The lowest BCUT2D eigenvalue weighted by atomic mass is 10.1. The molecular formula is C20H26N2O3. The van der Waals surface area contributed by atoms with E-state index in [1.54, 1.807) is 0 Å². The molecule has 0 spiro atoms. The maximum atomic E-state index is 12.0. The number of ether oxygens (including phenoxy) is 1. The van der Waals surface area contributed by atoms with Crippen LogP contribution in [0.4, 0.5) is 4.79 Å². The van der Waals surface area contributed by atoms with Crippen LogP contribution >= 0.6 is 0 Å². The minimum absolute atomic E-state index is 0.116. The van der Waals surface area contributed by atoms with Gasteiger partial charge in [0.2, 0.25) is 0 Å². The van der Waals surface area contributed by atoms with Crippen molar-refractivity contribution in [3.8, 4) is 5.75 Å².